The van der Waals surface area contributed by atoms with E-state index in [1.165, 1.54) is 22.8 Å². The first-order valence-corrected chi connectivity index (χ1v) is 9.94. The van der Waals surface area contributed by atoms with Crippen molar-refractivity contribution in [2.75, 3.05) is 34.8 Å². The van der Waals surface area contributed by atoms with Crippen molar-refractivity contribution in [2.45, 2.75) is 6.54 Å². The molecule has 0 bridgehead atoms. The van der Waals surface area contributed by atoms with E-state index in [2.05, 4.69) is 45.5 Å². The molecule has 3 aromatic rings. The van der Waals surface area contributed by atoms with Gasteiger partial charge in [-0.25, -0.2) is 0 Å². The van der Waals surface area contributed by atoms with Crippen LogP contribution in [0.25, 0.3) is 10.9 Å². The van der Waals surface area contributed by atoms with Gasteiger partial charge in [0.1, 0.15) is 6.07 Å². The Morgan fingerprint density at radius 3 is 2.62 bits per heavy atom. The lowest BCUT2D eigenvalue weighted by Crippen LogP contribution is -2.32. The number of fused-ring (bicyclic) bond motifs is 1. The molecule has 4 nitrogen and oxygen atoms in total. The molecule has 2 aromatic carbocycles. The van der Waals surface area contributed by atoms with Crippen LogP contribution in [0.15, 0.2) is 54.7 Å². The van der Waals surface area contributed by atoms with Crippen LogP contribution in [0.3, 0.4) is 0 Å². The van der Waals surface area contributed by atoms with Crippen molar-refractivity contribution >= 4 is 34.0 Å². The van der Waals surface area contributed by atoms with Gasteiger partial charge in [0.25, 0.3) is 0 Å². The summed E-state index contributed by atoms with van der Waals surface area (Å²) in [6.07, 6.45) is 1.64. The van der Waals surface area contributed by atoms with Crippen molar-refractivity contribution in [2.24, 2.45) is 0 Å². The first-order valence-electron chi connectivity index (χ1n) is 8.78. The molecule has 26 heavy (non-hydrogen) atoms. The number of pyridine rings is 1. The van der Waals surface area contributed by atoms with Crippen LogP contribution >= 0.6 is 11.8 Å². The smallest absolute Gasteiger partial charge is 0.103 e. The highest BCUT2D eigenvalue weighted by molar-refractivity contribution is 7.99. The van der Waals surface area contributed by atoms with Gasteiger partial charge in [-0.1, -0.05) is 30.3 Å². The van der Waals surface area contributed by atoms with Gasteiger partial charge in [0, 0.05) is 48.4 Å². The molecule has 0 saturated carbocycles. The van der Waals surface area contributed by atoms with Crippen LogP contribution in [0, 0.1) is 11.3 Å². The highest BCUT2D eigenvalue weighted by Gasteiger charge is 2.11. The van der Waals surface area contributed by atoms with Crippen LogP contribution in [0.5, 0.6) is 0 Å². The molecule has 1 saturated heterocycles. The third-order valence-electron chi connectivity index (χ3n) is 4.68. The summed E-state index contributed by atoms with van der Waals surface area (Å²) < 4.78 is 0. The maximum absolute atomic E-state index is 9.42. The van der Waals surface area contributed by atoms with Crippen molar-refractivity contribution in [1.29, 1.82) is 5.26 Å². The second-order valence-electron chi connectivity index (χ2n) is 6.30. The SMILES string of the molecule is N#Cc1cnc2ccccc2c1NCc1ccc(N2CCSCC2)cc1. The minimum Gasteiger partial charge on any atom is -0.379 e. The predicted molar refractivity (Wildman–Crippen MR) is 110 cm³/mol. The van der Waals surface area contributed by atoms with E-state index in [9.17, 15) is 5.26 Å². The molecule has 130 valence electrons. The zero-order valence-electron chi connectivity index (χ0n) is 14.5. The number of nitriles is 1. The number of hydrogen-bond acceptors (Lipinski definition) is 5. The van der Waals surface area contributed by atoms with E-state index in [1.54, 1.807) is 6.20 Å². The topological polar surface area (TPSA) is 52.0 Å². The molecule has 0 atom stereocenters. The van der Waals surface area contributed by atoms with Gasteiger partial charge in [-0.3, -0.25) is 4.98 Å². The third kappa shape index (κ3) is 3.47. The average molecular weight is 360 g/mol. The molecular weight excluding hydrogens is 340 g/mol. The third-order valence-corrected chi connectivity index (χ3v) is 5.62. The zero-order chi connectivity index (χ0) is 17.8. The number of para-hydroxylation sites is 1. The van der Waals surface area contributed by atoms with Gasteiger partial charge in [-0.15, -0.1) is 0 Å². The fraction of sp³-hybridized carbons (Fsp3) is 0.238. The molecule has 1 aliphatic heterocycles. The largest absolute Gasteiger partial charge is 0.379 e. The minimum absolute atomic E-state index is 0.575. The van der Waals surface area contributed by atoms with E-state index in [-0.39, 0.29) is 0 Å². The summed E-state index contributed by atoms with van der Waals surface area (Å²) in [7, 11) is 0. The Balaban J connectivity index is 1.52. The molecule has 0 aliphatic carbocycles. The maximum Gasteiger partial charge on any atom is 0.103 e. The number of rotatable bonds is 4. The van der Waals surface area contributed by atoms with E-state index >= 15 is 0 Å². The van der Waals surface area contributed by atoms with Gasteiger partial charge in [0.05, 0.1) is 16.8 Å². The molecule has 1 aliphatic rings. The number of hydrogen-bond donors (Lipinski definition) is 1. The molecule has 4 rings (SSSR count). The lowest BCUT2D eigenvalue weighted by molar-refractivity contribution is 0.858. The molecule has 0 spiro atoms. The molecular formula is C21H20N4S. The normalized spacial score (nSPS) is 14.2. The molecule has 0 amide bonds. The van der Waals surface area contributed by atoms with Gasteiger partial charge in [0.2, 0.25) is 0 Å². The van der Waals surface area contributed by atoms with E-state index in [0.717, 1.165) is 29.7 Å². The fourth-order valence-corrected chi connectivity index (χ4v) is 4.16. The number of benzene rings is 2. The van der Waals surface area contributed by atoms with Crippen LogP contribution in [0.1, 0.15) is 11.1 Å². The van der Waals surface area contributed by atoms with Gasteiger partial charge < -0.3 is 10.2 Å². The Labute approximate surface area is 157 Å². The molecule has 1 aromatic heterocycles. The summed E-state index contributed by atoms with van der Waals surface area (Å²) in [6, 6.07) is 18.9. The Morgan fingerprint density at radius 2 is 1.85 bits per heavy atom. The van der Waals surface area contributed by atoms with Gasteiger partial charge >= 0.3 is 0 Å². The van der Waals surface area contributed by atoms with Crippen LogP contribution in [-0.2, 0) is 6.54 Å². The fourth-order valence-electron chi connectivity index (χ4n) is 3.25. The summed E-state index contributed by atoms with van der Waals surface area (Å²) in [4.78, 5) is 6.80. The van der Waals surface area contributed by atoms with E-state index in [4.69, 9.17) is 0 Å². The van der Waals surface area contributed by atoms with Crippen molar-refractivity contribution in [3.63, 3.8) is 0 Å². The van der Waals surface area contributed by atoms with E-state index in [0.29, 0.717) is 12.1 Å². The van der Waals surface area contributed by atoms with Gasteiger partial charge in [-0.05, 0) is 23.8 Å². The number of nitrogens with zero attached hydrogens (tertiary/aromatic N) is 3. The molecule has 0 radical (unpaired) electrons. The Kier molecular flexibility index (Phi) is 4.94. The van der Waals surface area contributed by atoms with Gasteiger partial charge in [0.15, 0.2) is 0 Å². The summed E-state index contributed by atoms with van der Waals surface area (Å²) in [5.41, 5.74) is 4.82. The standard InChI is InChI=1S/C21H20N4S/c22-13-17-15-23-20-4-2-1-3-19(20)21(17)24-14-16-5-7-18(8-6-16)25-9-11-26-12-10-25/h1-8,15H,9-12,14H2,(H,23,24). The first kappa shape index (κ1) is 16.7. The molecule has 1 fully saturated rings. The Bertz CT molecular complexity index is 940. The molecule has 0 unspecified atom stereocenters. The van der Waals surface area contributed by atoms with E-state index in [1.807, 2.05) is 36.0 Å². The zero-order valence-corrected chi connectivity index (χ0v) is 15.3. The first-order chi connectivity index (χ1) is 12.8. The number of nitrogens with one attached hydrogen (secondary N) is 1. The minimum atomic E-state index is 0.575. The van der Waals surface area contributed by atoms with Crippen LogP contribution in [0.2, 0.25) is 0 Å². The lowest BCUT2D eigenvalue weighted by Gasteiger charge is -2.28. The summed E-state index contributed by atoms with van der Waals surface area (Å²) in [5.74, 6) is 2.41. The van der Waals surface area contributed by atoms with Crippen molar-refractivity contribution in [1.82, 2.24) is 4.98 Å². The number of thioether (sulfide) groups is 1. The van der Waals surface area contributed by atoms with Crippen LogP contribution in [0.4, 0.5) is 11.4 Å². The van der Waals surface area contributed by atoms with Crippen molar-refractivity contribution in [3.05, 3.63) is 65.9 Å². The Morgan fingerprint density at radius 1 is 1.08 bits per heavy atom. The summed E-state index contributed by atoms with van der Waals surface area (Å²) >= 11 is 2.02. The summed E-state index contributed by atoms with van der Waals surface area (Å²) in [6.45, 7) is 2.92. The number of aromatic nitrogens is 1. The average Bonchev–Trinajstić information content (AvgIpc) is 2.73. The predicted octanol–water partition coefficient (Wildman–Crippen LogP) is 4.27. The molecule has 5 heteroatoms. The molecule has 2 heterocycles. The summed E-state index contributed by atoms with van der Waals surface area (Å²) in [5, 5.41) is 13.8. The quantitative estimate of drug-likeness (QED) is 0.753. The van der Waals surface area contributed by atoms with E-state index < -0.39 is 0 Å². The lowest BCUT2D eigenvalue weighted by atomic mass is 10.1. The highest BCUT2D eigenvalue weighted by atomic mass is 32.2. The second-order valence-corrected chi connectivity index (χ2v) is 7.52. The Hall–Kier alpha value is -2.71. The van der Waals surface area contributed by atoms with Crippen molar-refractivity contribution in [3.8, 4) is 6.07 Å². The number of anilines is 2. The monoisotopic (exact) mass is 360 g/mol. The maximum atomic E-state index is 9.42. The second kappa shape index (κ2) is 7.67. The molecule has 1 N–H and O–H groups in total. The van der Waals surface area contributed by atoms with Gasteiger partial charge in [-0.2, -0.15) is 17.0 Å². The van der Waals surface area contributed by atoms with Crippen LogP contribution < -0.4 is 10.2 Å². The van der Waals surface area contributed by atoms with Crippen LogP contribution in [-0.4, -0.2) is 29.6 Å². The highest BCUT2D eigenvalue weighted by Crippen LogP contribution is 2.26. The van der Waals surface area contributed by atoms with Crippen molar-refractivity contribution < 1.29 is 0 Å².